The lowest BCUT2D eigenvalue weighted by Gasteiger charge is -2.35. The summed E-state index contributed by atoms with van der Waals surface area (Å²) in [5.74, 6) is -0.840. The van der Waals surface area contributed by atoms with Crippen LogP contribution < -0.4 is 0 Å². The van der Waals surface area contributed by atoms with E-state index in [1.54, 1.807) is 19.1 Å². The van der Waals surface area contributed by atoms with Crippen molar-refractivity contribution in [3.63, 3.8) is 0 Å². The monoisotopic (exact) mass is 381 g/mol. The molecule has 0 fully saturated rings. The van der Waals surface area contributed by atoms with E-state index < -0.39 is 27.1 Å². The first-order valence-electron chi connectivity index (χ1n) is 8.29. The van der Waals surface area contributed by atoms with Crippen molar-refractivity contribution in [3.05, 3.63) is 64.7 Å². The molecular formula is C19H21F2NO3S. The molecule has 0 saturated carbocycles. The zero-order valence-corrected chi connectivity index (χ0v) is 15.5. The summed E-state index contributed by atoms with van der Waals surface area (Å²) in [5.41, 5.74) is 0.0467. The van der Waals surface area contributed by atoms with Crippen LogP contribution in [0.1, 0.15) is 23.6 Å². The van der Waals surface area contributed by atoms with E-state index >= 15 is 0 Å². The molecule has 1 atom stereocenters. The first-order valence-corrected chi connectivity index (χ1v) is 10.2. The highest BCUT2D eigenvalue weighted by Crippen LogP contribution is 2.28. The van der Waals surface area contributed by atoms with Gasteiger partial charge in [0.05, 0.1) is 10.5 Å². The standard InChI is InChI=1S/C19H21F2NO3S/c1-19(23,13-3-5-14(6-4-13)26(2,24)25)12-22-10-9-15-16(11-22)18(21)8-7-17(15)20/h3-8,23H,9-12H2,1-2H3. The highest BCUT2D eigenvalue weighted by atomic mass is 32.2. The van der Waals surface area contributed by atoms with E-state index in [1.807, 2.05) is 4.90 Å². The maximum Gasteiger partial charge on any atom is 0.175 e. The third-order valence-corrected chi connectivity index (χ3v) is 5.94. The van der Waals surface area contributed by atoms with Crippen molar-refractivity contribution in [2.24, 2.45) is 0 Å². The lowest BCUT2D eigenvalue weighted by Crippen LogP contribution is -2.42. The van der Waals surface area contributed by atoms with Crippen molar-refractivity contribution in [1.29, 1.82) is 0 Å². The number of nitrogens with zero attached hydrogens (tertiary/aromatic N) is 1. The summed E-state index contributed by atoms with van der Waals surface area (Å²) >= 11 is 0. The van der Waals surface area contributed by atoms with Gasteiger partial charge in [-0.25, -0.2) is 17.2 Å². The smallest absolute Gasteiger partial charge is 0.175 e. The molecule has 1 aliphatic rings. The lowest BCUT2D eigenvalue weighted by atomic mass is 9.93. The van der Waals surface area contributed by atoms with Gasteiger partial charge in [-0.15, -0.1) is 0 Å². The molecule has 0 amide bonds. The Morgan fingerprint density at radius 2 is 1.65 bits per heavy atom. The van der Waals surface area contributed by atoms with E-state index in [0.29, 0.717) is 29.7 Å². The van der Waals surface area contributed by atoms with Crippen LogP contribution in [0.4, 0.5) is 8.78 Å². The second kappa shape index (κ2) is 6.72. The number of benzene rings is 2. The van der Waals surface area contributed by atoms with E-state index in [0.717, 1.165) is 18.4 Å². The fourth-order valence-corrected chi connectivity index (χ4v) is 4.00. The Morgan fingerprint density at radius 3 is 2.23 bits per heavy atom. The molecule has 0 aliphatic carbocycles. The fourth-order valence-electron chi connectivity index (χ4n) is 3.37. The van der Waals surface area contributed by atoms with Gasteiger partial charge in [0.1, 0.15) is 11.6 Å². The predicted octanol–water partition coefficient (Wildman–Crippen LogP) is 2.63. The van der Waals surface area contributed by atoms with Crippen LogP contribution in [0.15, 0.2) is 41.3 Å². The molecule has 0 aromatic heterocycles. The molecule has 4 nitrogen and oxygen atoms in total. The van der Waals surface area contributed by atoms with Crippen LogP contribution in [0.3, 0.4) is 0 Å². The third-order valence-electron chi connectivity index (χ3n) is 4.81. The zero-order chi connectivity index (χ0) is 19.1. The fraction of sp³-hybridized carbons (Fsp3) is 0.368. The van der Waals surface area contributed by atoms with Crippen LogP contribution in [0.2, 0.25) is 0 Å². The van der Waals surface area contributed by atoms with E-state index in [2.05, 4.69) is 0 Å². The SMILES string of the molecule is CC(O)(CN1CCc2c(F)ccc(F)c2C1)c1ccc(S(C)(=O)=O)cc1. The first kappa shape index (κ1) is 18.9. The number of sulfone groups is 1. The van der Waals surface area contributed by atoms with Crippen molar-refractivity contribution in [2.45, 2.75) is 30.4 Å². The minimum atomic E-state index is -3.30. The summed E-state index contributed by atoms with van der Waals surface area (Å²) in [6, 6.07) is 8.34. The normalized spacial score (nSPS) is 17.6. The van der Waals surface area contributed by atoms with Crippen LogP contribution in [-0.4, -0.2) is 37.8 Å². The zero-order valence-electron chi connectivity index (χ0n) is 14.7. The second-order valence-electron chi connectivity index (χ2n) is 7.02. The average molecular weight is 381 g/mol. The number of aliphatic hydroxyl groups is 1. The number of hydrogen-bond donors (Lipinski definition) is 1. The Morgan fingerprint density at radius 1 is 1.08 bits per heavy atom. The average Bonchev–Trinajstić information content (AvgIpc) is 2.57. The Balaban J connectivity index is 1.79. The van der Waals surface area contributed by atoms with Gasteiger partial charge in [-0.05, 0) is 48.7 Å². The number of rotatable bonds is 4. The molecule has 0 spiro atoms. The summed E-state index contributed by atoms with van der Waals surface area (Å²) in [4.78, 5) is 2.05. The second-order valence-corrected chi connectivity index (χ2v) is 9.03. The third kappa shape index (κ3) is 3.79. The molecule has 1 heterocycles. The highest BCUT2D eigenvalue weighted by Gasteiger charge is 2.30. The van der Waals surface area contributed by atoms with Gasteiger partial charge in [0, 0.05) is 31.5 Å². The number of β-amino-alcohol motifs (C(OH)–C–C–N with tert-alkyl or cyclic N) is 1. The minimum absolute atomic E-state index is 0.182. The minimum Gasteiger partial charge on any atom is -0.384 e. The van der Waals surface area contributed by atoms with Crippen LogP contribution in [0.25, 0.3) is 0 Å². The Bertz CT molecular complexity index is 925. The van der Waals surface area contributed by atoms with E-state index in [-0.39, 0.29) is 18.0 Å². The summed E-state index contributed by atoms with van der Waals surface area (Å²) < 4.78 is 51.0. The predicted molar refractivity (Wildman–Crippen MR) is 94.5 cm³/mol. The van der Waals surface area contributed by atoms with Crippen molar-refractivity contribution in [2.75, 3.05) is 19.3 Å². The summed E-state index contributed by atoms with van der Waals surface area (Å²) in [7, 11) is -3.30. The van der Waals surface area contributed by atoms with Gasteiger partial charge in [0.25, 0.3) is 0 Å². The van der Waals surface area contributed by atoms with Crippen molar-refractivity contribution in [1.82, 2.24) is 4.90 Å². The highest BCUT2D eigenvalue weighted by molar-refractivity contribution is 7.90. The number of fused-ring (bicyclic) bond motifs is 1. The van der Waals surface area contributed by atoms with Crippen molar-refractivity contribution >= 4 is 9.84 Å². The van der Waals surface area contributed by atoms with Crippen LogP contribution in [0.5, 0.6) is 0 Å². The van der Waals surface area contributed by atoms with Gasteiger partial charge >= 0.3 is 0 Å². The molecule has 7 heteroatoms. The summed E-state index contributed by atoms with van der Waals surface area (Å²) in [6.45, 7) is 2.57. The van der Waals surface area contributed by atoms with E-state index in [4.69, 9.17) is 0 Å². The summed E-state index contributed by atoms with van der Waals surface area (Å²) in [5, 5.41) is 10.8. The van der Waals surface area contributed by atoms with Crippen LogP contribution in [0, 0.1) is 11.6 Å². The lowest BCUT2D eigenvalue weighted by molar-refractivity contribution is 0.0111. The molecule has 3 rings (SSSR count). The van der Waals surface area contributed by atoms with E-state index in [1.165, 1.54) is 12.1 Å². The molecule has 1 aliphatic heterocycles. The molecule has 1 unspecified atom stereocenters. The molecule has 0 bridgehead atoms. The molecule has 26 heavy (non-hydrogen) atoms. The topological polar surface area (TPSA) is 57.6 Å². The van der Waals surface area contributed by atoms with Crippen LogP contribution in [-0.2, 0) is 28.4 Å². The van der Waals surface area contributed by atoms with Gasteiger partial charge in [0.2, 0.25) is 0 Å². The van der Waals surface area contributed by atoms with Gasteiger partial charge in [-0.3, -0.25) is 4.90 Å². The van der Waals surface area contributed by atoms with Crippen molar-refractivity contribution < 1.29 is 22.3 Å². The molecule has 0 saturated heterocycles. The Kier molecular flexibility index (Phi) is 4.90. The summed E-state index contributed by atoms with van der Waals surface area (Å²) in [6.07, 6.45) is 1.50. The van der Waals surface area contributed by atoms with Gasteiger partial charge in [-0.1, -0.05) is 12.1 Å². The Labute approximate surface area is 152 Å². The molecule has 1 N–H and O–H groups in total. The maximum absolute atomic E-state index is 14.0. The van der Waals surface area contributed by atoms with Gasteiger partial charge in [-0.2, -0.15) is 0 Å². The van der Waals surface area contributed by atoms with Gasteiger partial charge in [0.15, 0.2) is 9.84 Å². The molecule has 0 radical (unpaired) electrons. The Hall–Kier alpha value is -1.83. The van der Waals surface area contributed by atoms with Crippen molar-refractivity contribution in [3.8, 4) is 0 Å². The molecular weight excluding hydrogens is 360 g/mol. The van der Waals surface area contributed by atoms with E-state index in [9.17, 15) is 22.3 Å². The molecule has 140 valence electrons. The molecule has 2 aromatic rings. The van der Waals surface area contributed by atoms with Gasteiger partial charge < -0.3 is 5.11 Å². The first-order chi connectivity index (χ1) is 12.1. The number of hydrogen-bond acceptors (Lipinski definition) is 4. The van der Waals surface area contributed by atoms with Crippen LogP contribution >= 0.6 is 0 Å². The largest absolute Gasteiger partial charge is 0.384 e. The number of halogens is 2. The quantitative estimate of drug-likeness (QED) is 0.885. The maximum atomic E-state index is 14.0. The molecule has 2 aromatic carbocycles.